The number of esters is 3. The molecule has 0 aliphatic carbocycles. The van der Waals surface area contributed by atoms with E-state index in [4.69, 9.17) is 14.2 Å². The number of ether oxygens (including phenoxy) is 3. The van der Waals surface area contributed by atoms with Crippen molar-refractivity contribution in [2.75, 3.05) is 13.2 Å². The van der Waals surface area contributed by atoms with Crippen LogP contribution in [0.25, 0.3) is 0 Å². The topological polar surface area (TPSA) is 78.9 Å². The van der Waals surface area contributed by atoms with Gasteiger partial charge in [-0.1, -0.05) is 262 Å². The first-order chi connectivity index (χ1) is 36.5. The van der Waals surface area contributed by atoms with Crippen LogP contribution >= 0.6 is 0 Å². The SMILES string of the molecule is CC/C=C\C/C=C\C/C=C\C/C=C\C/C=C\C/C=C\C/C=C\C/C=C\CCCCCCCCCCCCC(=O)OCC(COC(=O)CCCCCCCC)OC(=O)C/C=C\C/C=C\C/C=C\C/C=C\C/C=C\CC. The van der Waals surface area contributed by atoms with E-state index in [9.17, 15) is 14.4 Å². The summed E-state index contributed by atoms with van der Waals surface area (Å²) in [7, 11) is 0. The van der Waals surface area contributed by atoms with Crippen molar-refractivity contribution in [1.82, 2.24) is 0 Å². The van der Waals surface area contributed by atoms with Crippen LogP contribution in [0, 0.1) is 0 Å². The van der Waals surface area contributed by atoms with Gasteiger partial charge in [-0.25, -0.2) is 0 Å². The van der Waals surface area contributed by atoms with E-state index in [1.54, 1.807) is 6.08 Å². The maximum Gasteiger partial charge on any atom is 0.310 e. The Bertz CT molecular complexity index is 1690. The summed E-state index contributed by atoms with van der Waals surface area (Å²) in [5, 5.41) is 0. The lowest BCUT2D eigenvalue weighted by Gasteiger charge is -2.18. The first-order valence-corrected chi connectivity index (χ1v) is 29.5. The van der Waals surface area contributed by atoms with E-state index in [-0.39, 0.29) is 31.6 Å². The van der Waals surface area contributed by atoms with Gasteiger partial charge in [0.25, 0.3) is 0 Å². The van der Waals surface area contributed by atoms with E-state index in [1.807, 2.05) is 6.08 Å². The highest BCUT2D eigenvalue weighted by Gasteiger charge is 2.19. The van der Waals surface area contributed by atoms with E-state index in [0.717, 1.165) is 122 Å². The molecule has 414 valence electrons. The lowest BCUT2D eigenvalue weighted by atomic mass is 10.1. The zero-order chi connectivity index (χ0) is 53.6. The number of rotatable bonds is 51. The average molecular weight is 1020 g/mol. The van der Waals surface area contributed by atoms with E-state index >= 15 is 0 Å². The summed E-state index contributed by atoms with van der Waals surface area (Å²) in [6, 6.07) is 0. The van der Waals surface area contributed by atoms with E-state index in [2.05, 4.69) is 167 Å². The van der Waals surface area contributed by atoms with E-state index < -0.39 is 12.1 Å². The van der Waals surface area contributed by atoms with Crippen molar-refractivity contribution in [3.8, 4) is 0 Å². The van der Waals surface area contributed by atoms with Crippen molar-refractivity contribution >= 4 is 17.9 Å². The van der Waals surface area contributed by atoms with Crippen LogP contribution in [0.1, 0.15) is 233 Å². The van der Waals surface area contributed by atoms with Crippen LogP contribution in [0.15, 0.2) is 158 Å². The molecule has 0 aromatic rings. The third-order valence-electron chi connectivity index (χ3n) is 11.8. The molecule has 74 heavy (non-hydrogen) atoms. The molecule has 0 radical (unpaired) electrons. The number of carbonyl (C=O) groups is 3. The lowest BCUT2D eigenvalue weighted by Crippen LogP contribution is -2.30. The maximum atomic E-state index is 12.7. The van der Waals surface area contributed by atoms with Crippen molar-refractivity contribution in [3.63, 3.8) is 0 Å². The van der Waals surface area contributed by atoms with E-state index in [0.29, 0.717) is 19.3 Å². The van der Waals surface area contributed by atoms with Crippen LogP contribution in [0.5, 0.6) is 0 Å². The molecule has 0 N–H and O–H groups in total. The summed E-state index contributed by atoms with van der Waals surface area (Å²) >= 11 is 0. The summed E-state index contributed by atoms with van der Waals surface area (Å²) < 4.78 is 16.6. The molecule has 0 saturated carbocycles. The normalized spacial score (nSPS) is 13.3. The summed E-state index contributed by atoms with van der Waals surface area (Å²) in [6.07, 6.45) is 88.8. The molecule has 0 saturated heterocycles. The second kappa shape index (κ2) is 60.6. The highest BCUT2D eigenvalue weighted by molar-refractivity contribution is 5.72. The lowest BCUT2D eigenvalue weighted by molar-refractivity contribution is -0.166. The Balaban J connectivity index is 4.14. The fraction of sp³-hybridized carbons (Fsp3) is 0.574. The minimum absolute atomic E-state index is 0.0908. The number of hydrogen-bond acceptors (Lipinski definition) is 6. The van der Waals surface area contributed by atoms with E-state index in [1.165, 1.54) is 64.2 Å². The molecule has 0 heterocycles. The van der Waals surface area contributed by atoms with Crippen LogP contribution in [-0.2, 0) is 28.6 Å². The Morgan fingerprint density at radius 2 is 0.568 bits per heavy atom. The molecular weight excluding hydrogens is 913 g/mol. The van der Waals surface area contributed by atoms with Crippen LogP contribution < -0.4 is 0 Å². The Hall–Kier alpha value is -4.97. The van der Waals surface area contributed by atoms with Gasteiger partial charge in [-0.15, -0.1) is 0 Å². The first kappa shape index (κ1) is 69.0. The predicted molar refractivity (Wildman–Crippen MR) is 320 cm³/mol. The smallest absolute Gasteiger partial charge is 0.310 e. The van der Waals surface area contributed by atoms with Gasteiger partial charge in [-0.05, 0) is 109 Å². The number of hydrogen-bond donors (Lipinski definition) is 0. The third kappa shape index (κ3) is 57.9. The molecular formula is C68H106O6. The van der Waals surface area contributed by atoms with Gasteiger partial charge in [-0.3, -0.25) is 14.4 Å². The highest BCUT2D eigenvalue weighted by Crippen LogP contribution is 2.14. The second-order valence-corrected chi connectivity index (χ2v) is 18.8. The van der Waals surface area contributed by atoms with Gasteiger partial charge in [0, 0.05) is 12.8 Å². The number of unbranched alkanes of at least 4 members (excludes halogenated alkanes) is 15. The molecule has 0 aliphatic heterocycles. The van der Waals surface area contributed by atoms with Crippen LogP contribution in [0.4, 0.5) is 0 Å². The molecule has 0 amide bonds. The zero-order valence-corrected chi connectivity index (χ0v) is 47.3. The Morgan fingerprint density at radius 1 is 0.297 bits per heavy atom. The minimum Gasteiger partial charge on any atom is -0.462 e. The Morgan fingerprint density at radius 3 is 0.892 bits per heavy atom. The van der Waals surface area contributed by atoms with Gasteiger partial charge >= 0.3 is 17.9 Å². The van der Waals surface area contributed by atoms with Crippen molar-refractivity contribution in [1.29, 1.82) is 0 Å². The maximum absolute atomic E-state index is 12.7. The van der Waals surface area contributed by atoms with Gasteiger partial charge in [0.15, 0.2) is 6.10 Å². The van der Waals surface area contributed by atoms with Gasteiger partial charge < -0.3 is 14.2 Å². The molecule has 6 heteroatoms. The Kier molecular flexibility index (Phi) is 56.5. The molecule has 0 aliphatic rings. The molecule has 1 atom stereocenters. The highest BCUT2D eigenvalue weighted by atomic mass is 16.6. The number of allylic oxidation sites excluding steroid dienone is 25. The van der Waals surface area contributed by atoms with Gasteiger partial charge in [-0.2, -0.15) is 0 Å². The molecule has 6 nitrogen and oxygen atoms in total. The van der Waals surface area contributed by atoms with Crippen molar-refractivity contribution < 1.29 is 28.6 Å². The van der Waals surface area contributed by atoms with Crippen LogP contribution in [0.3, 0.4) is 0 Å². The first-order valence-electron chi connectivity index (χ1n) is 29.5. The standard InChI is InChI=1S/C68H106O6/c1-4-7-10-13-16-18-20-22-24-25-26-27-28-29-30-31-32-33-34-35-36-37-38-39-40-41-42-43-45-46-48-50-52-55-58-61-67(70)73-64-65(63-72-66(69)60-57-54-15-12-9-6-3)74-68(71)62-59-56-53-51-49-47-44-23-21-19-17-14-11-8-5-2/h7-8,10-11,16-19,22-24,26-27,29-30,32-33,35-36,38-39,44,49,51,56,59,65H,4-6,9,12-15,20-21,25,28,31,34,37,40-43,45-48,50,52-55,57-58,60-64H2,1-3H3/b10-7-,11-8-,18-16-,19-17-,24-22-,27-26-,30-29-,33-32-,36-35-,39-38-,44-23-,51-49-,59-56-. The molecule has 0 aromatic carbocycles. The molecule has 0 bridgehead atoms. The fourth-order valence-corrected chi connectivity index (χ4v) is 7.47. The van der Waals surface area contributed by atoms with Crippen LogP contribution in [-0.4, -0.2) is 37.2 Å². The largest absolute Gasteiger partial charge is 0.462 e. The zero-order valence-electron chi connectivity index (χ0n) is 47.3. The van der Waals surface area contributed by atoms with Crippen molar-refractivity contribution in [3.05, 3.63) is 158 Å². The van der Waals surface area contributed by atoms with Crippen molar-refractivity contribution in [2.24, 2.45) is 0 Å². The minimum atomic E-state index is -0.836. The molecule has 1 unspecified atom stereocenters. The molecule has 0 aromatic heterocycles. The molecule has 0 fully saturated rings. The average Bonchev–Trinajstić information content (AvgIpc) is 3.40. The monoisotopic (exact) mass is 1020 g/mol. The molecule has 0 spiro atoms. The third-order valence-corrected chi connectivity index (χ3v) is 11.8. The van der Waals surface area contributed by atoms with Gasteiger partial charge in [0.1, 0.15) is 13.2 Å². The molecule has 0 rings (SSSR count). The summed E-state index contributed by atoms with van der Waals surface area (Å²) in [4.78, 5) is 37.8. The van der Waals surface area contributed by atoms with Gasteiger partial charge in [0.2, 0.25) is 0 Å². The predicted octanol–water partition coefficient (Wildman–Crippen LogP) is 20.1. The summed E-state index contributed by atoms with van der Waals surface area (Å²) in [5.41, 5.74) is 0. The van der Waals surface area contributed by atoms with Gasteiger partial charge in [0.05, 0.1) is 6.42 Å². The summed E-state index contributed by atoms with van der Waals surface area (Å²) in [5.74, 6) is -1.08. The second-order valence-electron chi connectivity index (χ2n) is 18.8. The Labute approximate surface area is 454 Å². The number of carbonyl (C=O) groups excluding carboxylic acids is 3. The fourth-order valence-electron chi connectivity index (χ4n) is 7.47. The van der Waals surface area contributed by atoms with Crippen molar-refractivity contribution in [2.45, 2.75) is 239 Å². The summed E-state index contributed by atoms with van der Waals surface area (Å²) in [6.45, 7) is 6.24. The van der Waals surface area contributed by atoms with Crippen LogP contribution in [0.2, 0.25) is 0 Å². The quantitative estimate of drug-likeness (QED) is 0.0261.